The van der Waals surface area contributed by atoms with Gasteiger partial charge in [-0.25, -0.2) is 0 Å². The van der Waals surface area contributed by atoms with Gasteiger partial charge in [-0.15, -0.1) is 0 Å². The molecule has 0 atom stereocenters. The van der Waals surface area contributed by atoms with Crippen molar-refractivity contribution >= 4 is 23.4 Å². The van der Waals surface area contributed by atoms with Crippen molar-refractivity contribution in [2.24, 2.45) is 0 Å². The highest BCUT2D eigenvalue weighted by molar-refractivity contribution is 6.30. The molecule has 2 amide bonds. The summed E-state index contributed by atoms with van der Waals surface area (Å²) in [5.74, 6) is -0.872. The van der Waals surface area contributed by atoms with E-state index in [-0.39, 0.29) is 0 Å². The molecule has 6 nitrogen and oxygen atoms in total. The summed E-state index contributed by atoms with van der Waals surface area (Å²) < 4.78 is 1.66. The molecule has 1 heterocycles. The number of hydrogen-bond donors (Lipinski definition) is 2. The van der Waals surface area contributed by atoms with Gasteiger partial charge in [-0.1, -0.05) is 41.9 Å². The van der Waals surface area contributed by atoms with Crippen LogP contribution in [0.15, 0.2) is 67.0 Å². The number of benzene rings is 2. The Hall–Kier alpha value is -3.12. The lowest BCUT2D eigenvalue weighted by molar-refractivity contribution is 0.0846. The normalized spacial score (nSPS) is 10.3. The Bertz CT molecular complexity index is 876. The van der Waals surface area contributed by atoms with Crippen molar-refractivity contribution in [3.8, 4) is 0 Å². The lowest BCUT2D eigenvalue weighted by Gasteiger charge is -2.06. The molecule has 0 aliphatic carbocycles. The predicted octanol–water partition coefficient (Wildman–Crippen LogP) is 2.66. The quantitative estimate of drug-likeness (QED) is 0.707. The molecule has 1 aromatic heterocycles. The van der Waals surface area contributed by atoms with Crippen molar-refractivity contribution in [1.82, 2.24) is 20.6 Å². The smallest absolute Gasteiger partial charge is 0.268 e. The molecule has 2 N–H and O–H groups in total. The predicted molar refractivity (Wildman–Crippen MR) is 94.2 cm³/mol. The van der Waals surface area contributed by atoms with E-state index < -0.39 is 11.8 Å². The van der Waals surface area contributed by atoms with Crippen molar-refractivity contribution in [2.45, 2.75) is 6.54 Å². The van der Waals surface area contributed by atoms with Crippen LogP contribution in [0.1, 0.15) is 26.3 Å². The third-order valence-corrected chi connectivity index (χ3v) is 3.73. The summed E-state index contributed by atoms with van der Waals surface area (Å²) in [5.41, 5.74) is 6.55. The Kier molecular flexibility index (Phi) is 5.11. The van der Waals surface area contributed by atoms with Crippen molar-refractivity contribution < 1.29 is 9.59 Å². The minimum absolute atomic E-state index is 0.354. The van der Waals surface area contributed by atoms with Crippen molar-refractivity contribution in [2.75, 3.05) is 0 Å². The number of aromatic nitrogens is 2. The van der Waals surface area contributed by atoms with Crippen LogP contribution in [0, 0.1) is 0 Å². The van der Waals surface area contributed by atoms with Crippen LogP contribution in [-0.2, 0) is 6.54 Å². The zero-order chi connectivity index (χ0) is 17.6. The molecule has 25 heavy (non-hydrogen) atoms. The molecule has 0 saturated heterocycles. The van der Waals surface area contributed by atoms with Gasteiger partial charge in [0.25, 0.3) is 11.8 Å². The molecule has 3 rings (SSSR count). The zero-order valence-corrected chi connectivity index (χ0v) is 13.9. The van der Waals surface area contributed by atoms with E-state index in [1.807, 2.05) is 30.3 Å². The van der Waals surface area contributed by atoms with Gasteiger partial charge in [-0.2, -0.15) is 5.10 Å². The second-order valence-corrected chi connectivity index (χ2v) is 5.76. The fraction of sp³-hybridized carbons (Fsp3) is 0.0556. The van der Waals surface area contributed by atoms with Crippen LogP contribution in [0.2, 0.25) is 5.02 Å². The van der Waals surface area contributed by atoms with E-state index in [1.165, 1.54) is 6.20 Å². The third-order valence-electron chi connectivity index (χ3n) is 3.48. The minimum atomic E-state index is -0.443. The lowest BCUT2D eigenvalue weighted by atomic mass is 10.2. The molecular formula is C18H15ClN4O2. The van der Waals surface area contributed by atoms with Crippen LogP contribution in [0.5, 0.6) is 0 Å². The van der Waals surface area contributed by atoms with Gasteiger partial charge in [0.2, 0.25) is 0 Å². The number of halogens is 1. The molecule has 0 fully saturated rings. The van der Waals surface area contributed by atoms with E-state index >= 15 is 0 Å². The van der Waals surface area contributed by atoms with Crippen LogP contribution in [0.4, 0.5) is 0 Å². The second-order valence-electron chi connectivity index (χ2n) is 5.33. The maximum Gasteiger partial charge on any atom is 0.272 e. The molecule has 0 radical (unpaired) electrons. The molecule has 0 saturated carbocycles. The maximum atomic E-state index is 12.1. The molecule has 0 bridgehead atoms. The first kappa shape index (κ1) is 16.7. The Labute approximate surface area is 149 Å². The zero-order valence-electron chi connectivity index (χ0n) is 13.1. The first-order valence-corrected chi connectivity index (χ1v) is 7.92. The summed E-state index contributed by atoms with van der Waals surface area (Å²) in [6.45, 7) is 0.561. The SMILES string of the molecule is O=C(NNC(=O)c1cnn(Cc2ccccc2)c1)c1ccc(Cl)cc1. The van der Waals surface area contributed by atoms with Gasteiger partial charge >= 0.3 is 0 Å². The Balaban J connectivity index is 1.56. The summed E-state index contributed by atoms with van der Waals surface area (Å²) in [4.78, 5) is 24.0. The van der Waals surface area contributed by atoms with E-state index in [2.05, 4.69) is 16.0 Å². The van der Waals surface area contributed by atoms with Gasteiger partial charge in [0.15, 0.2) is 0 Å². The van der Waals surface area contributed by atoms with E-state index in [0.29, 0.717) is 22.7 Å². The summed E-state index contributed by atoms with van der Waals surface area (Å²) in [6, 6.07) is 16.1. The van der Waals surface area contributed by atoms with Crippen LogP contribution in [-0.4, -0.2) is 21.6 Å². The molecule has 0 spiro atoms. The summed E-state index contributed by atoms with van der Waals surface area (Å²) in [5, 5.41) is 4.69. The monoisotopic (exact) mass is 354 g/mol. The minimum Gasteiger partial charge on any atom is -0.268 e. The molecular weight excluding hydrogens is 340 g/mol. The van der Waals surface area contributed by atoms with Crippen LogP contribution < -0.4 is 10.9 Å². The number of amides is 2. The average molecular weight is 355 g/mol. The van der Waals surface area contributed by atoms with Gasteiger partial charge in [0, 0.05) is 16.8 Å². The van der Waals surface area contributed by atoms with Crippen molar-refractivity contribution in [1.29, 1.82) is 0 Å². The van der Waals surface area contributed by atoms with E-state index in [9.17, 15) is 9.59 Å². The van der Waals surface area contributed by atoms with Crippen LogP contribution in [0.25, 0.3) is 0 Å². The number of carbonyl (C=O) groups excluding carboxylic acids is 2. The number of nitrogens with zero attached hydrogens (tertiary/aromatic N) is 2. The van der Waals surface area contributed by atoms with Gasteiger partial charge in [-0.05, 0) is 29.8 Å². The van der Waals surface area contributed by atoms with Crippen molar-refractivity contribution in [3.05, 3.63) is 88.7 Å². The van der Waals surface area contributed by atoms with E-state index in [4.69, 9.17) is 11.6 Å². The number of rotatable bonds is 4. The largest absolute Gasteiger partial charge is 0.272 e. The Morgan fingerprint density at radius 3 is 2.24 bits per heavy atom. The highest BCUT2D eigenvalue weighted by atomic mass is 35.5. The highest BCUT2D eigenvalue weighted by Crippen LogP contribution is 2.09. The second kappa shape index (κ2) is 7.63. The molecule has 3 aromatic rings. The molecule has 0 aliphatic heterocycles. The number of nitrogens with one attached hydrogen (secondary N) is 2. The Morgan fingerprint density at radius 2 is 1.56 bits per heavy atom. The first-order valence-electron chi connectivity index (χ1n) is 7.54. The summed E-state index contributed by atoms with van der Waals surface area (Å²) in [6.07, 6.45) is 3.07. The molecule has 0 aliphatic rings. The number of carbonyl (C=O) groups is 2. The highest BCUT2D eigenvalue weighted by Gasteiger charge is 2.11. The van der Waals surface area contributed by atoms with Crippen LogP contribution >= 0.6 is 11.6 Å². The van der Waals surface area contributed by atoms with Gasteiger partial charge in [0.05, 0.1) is 18.3 Å². The first-order chi connectivity index (χ1) is 12.1. The number of hydrazine groups is 1. The fourth-order valence-corrected chi connectivity index (χ4v) is 2.32. The lowest BCUT2D eigenvalue weighted by Crippen LogP contribution is -2.41. The number of hydrogen-bond acceptors (Lipinski definition) is 3. The van der Waals surface area contributed by atoms with Gasteiger partial charge in [-0.3, -0.25) is 25.1 Å². The standard InChI is InChI=1S/C18H15ClN4O2/c19-16-8-6-14(7-9-16)17(24)21-22-18(25)15-10-20-23(12-15)11-13-4-2-1-3-5-13/h1-10,12H,11H2,(H,21,24)(H,22,25). The van der Waals surface area contributed by atoms with Crippen molar-refractivity contribution in [3.63, 3.8) is 0 Å². The molecule has 2 aromatic carbocycles. The summed E-state index contributed by atoms with van der Waals surface area (Å²) in [7, 11) is 0. The Morgan fingerprint density at radius 1 is 0.920 bits per heavy atom. The topological polar surface area (TPSA) is 76.0 Å². The van der Waals surface area contributed by atoms with Gasteiger partial charge < -0.3 is 0 Å². The third kappa shape index (κ3) is 4.45. The van der Waals surface area contributed by atoms with Gasteiger partial charge in [0.1, 0.15) is 0 Å². The molecule has 126 valence electrons. The molecule has 0 unspecified atom stereocenters. The molecule has 7 heteroatoms. The fourth-order valence-electron chi connectivity index (χ4n) is 2.20. The van der Waals surface area contributed by atoms with Crippen LogP contribution in [0.3, 0.4) is 0 Å². The maximum absolute atomic E-state index is 12.1. The average Bonchev–Trinajstić information content (AvgIpc) is 3.09. The summed E-state index contributed by atoms with van der Waals surface area (Å²) >= 11 is 5.77. The van der Waals surface area contributed by atoms with E-state index in [0.717, 1.165) is 5.56 Å². The van der Waals surface area contributed by atoms with E-state index in [1.54, 1.807) is 35.1 Å².